The Bertz CT molecular complexity index is 918. The van der Waals surface area contributed by atoms with E-state index in [4.69, 9.17) is 14.2 Å². The number of hydrogen-bond acceptors (Lipinski definition) is 6. The van der Waals surface area contributed by atoms with Crippen LogP contribution < -0.4 is 24.5 Å². The maximum absolute atomic E-state index is 12.8. The molecule has 2 aromatic carbocycles. The predicted molar refractivity (Wildman–Crippen MR) is 92.4 cm³/mol. The number of hydrogen-bond donors (Lipinski definition) is 2. The number of carbonyl (C=O) groups excluding carboxylic acids is 1. The monoisotopic (exact) mass is 396 g/mol. The zero-order valence-corrected chi connectivity index (χ0v) is 14.9. The molecule has 1 aliphatic heterocycles. The fourth-order valence-corrected chi connectivity index (χ4v) is 3.09. The van der Waals surface area contributed by atoms with Gasteiger partial charge < -0.3 is 14.2 Å². The number of amides is 1. The minimum absolute atomic E-state index is 0.0912. The second-order valence-electron chi connectivity index (χ2n) is 5.56. The van der Waals surface area contributed by atoms with Crippen molar-refractivity contribution in [2.24, 2.45) is 0 Å². The predicted octanol–water partition coefficient (Wildman–Crippen LogP) is 1.38. The molecule has 0 aliphatic carbocycles. The van der Waals surface area contributed by atoms with Gasteiger partial charge in [-0.1, -0.05) is 0 Å². The molecule has 0 radical (unpaired) electrons. The lowest BCUT2D eigenvalue weighted by atomic mass is 10.3. The Hall–Kier alpha value is -2.85. The quantitative estimate of drug-likeness (QED) is 0.715. The first-order chi connectivity index (χ1) is 12.9. The van der Waals surface area contributed by atoms with Crippen LogP contribution in [0.1, 0.15) is 6.42 Å². The molecule has 8 nitrogen and oxygen atoms in total. The number of carbonyl (C=O) groups is 1. The van der Waals surface area contributed by atoms with Gasteiger partial charge in [0.25, 0.3) is 15.9 Å². The summed E-state index contributed by atoms with van der Waals surface area (Å²) in [5.41, 5.74) is 2.05. The van der Waals surface area contributed by atoms with Crippen LogP contribution in [-0.4, -0.2) is 34.1 Å². The van der Waals surface area contributed by atoms with Crippen LogP contribution in [0, 0.1) is 5.82 Å². The molecule has 0 unspecified atom stereocenters. The minimum atomic E-state index is -4.01. The van der Waals surface area contributed by atoms with Gasteiger partial charge in [0.15, 0.2) is 18.1 Å². The third-order valence-electron chi connectivity index (χ3n) is 3.54. The van der Waals surface area contributed by atoms with Gasteiger partial charge in [-0.25, -0.2) is 12.8 Å². The Balaban J connectivity index is 1.57. The molecule has 1 amide bonds. The van der Waals surface area contributed by atoms with Gasteiger partial charge in [-0.2, -0.15) is 0 Å². The summed E-state index contributed by atoms with van der Waals surface area (Å²) in [5, 5.41) is 0. The first-order valence-electron chi connectivity index (χ1n) is 8.03. The first kappa shape index (κ1) is 18.9. The van der Waals surface area contributed by atoms with Gasteiger partial charge in [0.05, 0.1) is 18.1 Å². The molecule has 2 aromatic rings. The van der Waals surface area contributed by atoms with Crippen molar-refractivity contribution in [2.75, 3.05) is 19.8 Å². The van der Waals surface area contributed by atoms with Gasteiger partial charge >= 0.3 is 0 Å². The van der Waals surface area contributed by atoms with Crippen molar-refractivity contribution in [2.45, 2.75) is 11.3 Å². The summed E-state index contributed by atoms with van der Waals surface area (Å²) in [5.74, 6) is -0.103. The highest BCUT2D eigenvalue weighted by Gasteiger charge is 2.19. The van der Waals surface area contributed by atoms with Crippen LogP contribution in [0.3, 0.4) is 0 Å². The first-order valence-corrected chi connectivity index (χ1v) is 9.51. The highest BCUT2D eigenvalue weighted by atomic mass is 32.2. The number of ether oxygens (including phenoxy) is 3. The lowest BCUT2D eigenvalue weighted by Crippen LogP contribution is -2.43. The van der Waals surface area contributed by atoms with Gasteiger partial charge in [-0.05, 0) is 36.4 Å². The zero-order valence-electron chi connectivity index (χ0n) is 14.1. The molecule has 0 bridgehead atoms. The fraction of sp³-hybridized carbons (Fsp3) is 0.235. The Morgan fingerprint density at radius 1 is 1.07 bits per heavy atom. The molecule has 144 valence electrons. The topological polar surface area (TPSA) is 103 Å². The molecule has 27 heavy (non-hydrogen) atoms. The van der Waals surface area contributed by atoms with Crippen molar-refractivity contribution in [1.29, 1.82) is 0 Å². The number of halogens is 1. The van der Waals surface area contributed by atoms with E-state index in [1.807, 2.05) is 10.3 Å². The summed E-state index contributed by atoms with van der Waals surface area (Å²) in [6.07, 6.45) is 0.694. The Kier molecular flexibility index (Phi) is 5.77. The average Bonchev–Trinajstić information content (AvgIpc) is 2.91. The van der Waals surface area contributed by atoms with Crippen LogP contribution in [0.5, 0.6) is 17.2 Å². The molecule has 2 N–H and O–H groups in total. The Morgan fingerprint density at radius 2 is 1.78 bits per heavy atom. The average molecular weight is 396 g/mol. The molecular formula is C17H17FN2O6S. The van der Waals surface area contributed by atoms with E-state index >= 15 is 0 Å². The van der Waals surface area contributed by atoms with E-state index < -0.39 is 28.4 Å². The number of sulfonamides is 1. The summed E-state index contributed by atoms with van der Waals surface area (Å²) in [6, 6.07) is 9.23. The highest BCUT2D eigenvalue weighted by molar-refractivity contribution is 7.89. The zero-order chi connectivity index (χ0) is 19.3. The smallest absolute Gasteiger partial charge is 0.272 e. The Labute approximate surface area is 155 Å². The van der Waals surface area contributed by atoms with Gasteiger partial charge in [0, 0.05) is 12.5 Å². The van der Waals surface area contributed by atoms with Gasteiger partial charge in [-0.3, -0.25) is 10.2 Å². The van der Waals surface area contributed by atoms with Crippen molar-refractivity contribution in [3.63, 3.8) is 0 Å². The van der Waals surface area contributed by atoms with Crippen LogP contribution in [0.15, 0.2) is 47.4 Å². The maximum atomic E-state index is 12.8. The largest absolute Gasteiger partial charge is 0.490 e. The van der Waals surface area contributed by atoms with E-state index in [9.17, 15) is 17.6 Å². The summed E-state index contributed by atoms with van der Waals surface area (Å²) in [7, 11) is -4.01. The van der Waals surface area contributed by atoms with E-state index in [0.717, 1.165) is 0 Å². The molecule has 10 heteroatoms. The number of benzene rings is 2. The van der Waals surface area contributed by atoms with Crippen LogP contribution in [-0.2, 0) is 14.8 Å². The van der Waals surface area contributed by atoms with Crippen LogP contribution in [0.25, 0.3) is 0 Å². The second kappa shape index (κ2) is 8.23. The van der Waals surface area contributed by atoms with Crippen molar-refractivity contribution in [3.05, 3.63) is 48.3 Å². The molecule has 0 fully saturated rings. The van der Waals surface area contributed by atoms with E-state index in [1.54, 1.807) is 0 Å². The molecule has 0 atom stereocenters. The van der Waals surface area contributed by atoms with Crippen LogP contribution in [0.4, 0.5) is 4.39 Å². The number of hydrazine groups is 1. The van der Waals surface area contributed by atoms with Crippen molar-refractivity contribution < 1.29 is 31.8 Å². The summed E-state index contributed by atoms with van der Waals surface area (Å²) in [4.78, 5) is 13.6. The van der Waals surface area contributed by atoms with E-state index in [-0.39, 0.29) is 10.6 Å². The van der Waals surface area contributed by atoms with Crippen LogP contribution >= 0.6 is 0 Å². The molecule has 0 spiro atoms. The molecule has 1 heterocycles. The van der Waals surface area contributed by atoms with Crippen molar-refractivity contribution in [1.82, 2.24) is 10.3 Å². The standard InChI is InChI=1S/C17H17FN2O6S/c18-12-2-4-13(5-3-12)26-11-17(21)19-20-27(22,23)14-6-7-15-16(10-14)25-9-1-8-24-15/h2-7,10,20H,1,8-9,11H2,(H,19,21). The highest BCUT2D eigenvalue weighted by Crippen LogP contribution is 2.31. The molecular weight excluding hydrogens is 379 g/mol. The number of nitrogens with one attached hydrogen (secondary N) is 2. The number of rotatable bonds is 6. The number of fused-ring (bicyclic) bond motifs is 1. The second-order valence-corrected chi connectivity index (χ2v) is 7.24. The van der Waals surface area contributed by atoms with Crippen molar-refractivity contribution in [3.8, 4) is 17.2 Å². The molecule has 0 saturated heterocycles. The maximum Gasteiger partial charge on any atom is 0.272 e. The van der Waals surface area contributed by atoms with Crippen molar-refractivity contribution >= 4 is 15.9 Å². The lowest BCUT2D eigenvalue weighted by Gasteiger charge is -2.12. The van der Waals surface area contributed by atoms with Gasteiger partial charge in [0.2, 0.25) is 0 Å². The van der Waals surface area contributed by atoms with E-state index in [2.05, 4.69) is 0 Å². The van der Waals surface area contributed by atoms with E-state index in [1.165, 1.54) is 42.5 Å². The molecule has 3 rings (SSSR count). The summed E-state index contributed by atoms with van der Waals surface area (Å²) < 4.78 is 53.5. The Morgan fingerprint density at radius 3 is 2.52 bits per heavy atom. The third kappa shape index (κ3) is 5.08. The summed E-state index contributed by atoms with van der Waals surface area (Å²) in [6.45, 7) is 0.456. The van der Waals surface area contributed by atoms with Gasteiger partial charge in [-0.15, -0.1) is 4.83 Å². The molecule has 1 aliphatic rings. The van der Waals surface area contributed by atoms with Gasteiger partial charge in [0.1, 0.15) is 11.6 Å². The summed E-state index contributed by atoms with van der Waals surface area (Å²) >= 11 is 0. The van der Waals surface area contributed by atoms with Crippen LogP contribution in [0.2, 0.25) is 0 Å². The fourth-order valence-electron chi connectivity index (χ4n) is 2.21. The SMILES string of the molecule is O=C(COc1ccc(F)cc1)NNS(=O)(=O)c1ccc2c(c1)OCCCO2. The minimum Gasteiger partial charge on any atom is -0.490 e. The normalized spacial score (nSPS) is 13.5. The molecule has 0 aromatic heterocycles. The lowest BCUT2D eigenvalue weighted by molar-refractivity contribution is -0.123. The van der Waals surface area contributed by atoms with E-state index in [0.29, 0.717) is 31.1 Å². The molecule has 0 saturated carbocycles. The third-order valence-corrected chi connectivity index (χ3v) is 4.78.